The summed E-state index contributed by atoms with van der Waals surface area (Å²) in [4.78, 5) is 15.5. The lowest BCUT2D eigenvalue weighted by atomic mass is 9.83. The summed E-state index contributed by atoms with van der Waals surface area (Å²) in [5.41, 5.74) is 0.512. The molecule has 1 fully saturated rings. The number of nitriles is 1. The third kappa shape index (κ3) is 3.35. The predicted octanol–water partition coefficient (Wildman–Crippen LogP) is 5.02. The average Bonchev–Trinajstić information content (AvgIpc) is 2.71. The van der Waals surface area contributed by atoms with E-state index in [9.17, 15) is 5.26 Å². The van der Waals surface area contributed by atoms with Crippen LogP contribution in [-0.2, 0) is 0 Å². The number of rotatable bonds is 4. The minimum absolute atomic E-state index is 0.265. The van der Waals surface area contributed by atoms with Gasteiger partial charge in [0.2, 0.25) is 0 Å². The fraction of sp³-hybridized carbons (Fsp3) is 0.300. The van der Waals surface area contributed by atoms with E-state index in [0.717, 1.165) is 5.39 Å². The number of pyridine rings is 1. The molecule has 10 heteroatoms. The Hall–Kier alpha value is -2.53. The van der Waals surface area contributed by atoms with Crippen molar-refractivity contribution in [3.05, 3.63) is 33.5 Å². The van der Waals surface area contributed by atoms with E-state index in [1.54, 1.807) is 18.3 Å². The Kier molecular flexibility index (Phi) is 5.27. The maximum atomic E-state index is 9.38. The molecule has 0 saturated carbocycles. The van der Waals surface area contributed by atoms with E-state index in [1.807, 2.05) is 11.8 Å². The van der Waals surface area contributed by atoms with Crippen molar-refractivity contribution in [1.29, 1.82) is 5.26 Å². The van der Waals surface area contributed by atoms with Gasteiger partial charge in [-0.25, -0.2) is 15.0 Å². The SMILES string of the molecule is COc1cc(OC)c(Cl)c(-c2nc(N3CC(C)(C#N)C3)c3cc(Cl)ncc3n2)c1Cl. The molecule has 0 unspecified atom stereocenters. The molecular formula is C20H16Cl3N5O2. The van der Waals surface area contributed by atoms with Gasteiger partial charge in [0.25, 0.3) is 0 Å². The first-order valence-corrected chi connectivity index (χ1v) is 10.0. The van der Waals surface area contributed by atoms with Crippen LogP contribution in [0.25, 0.3) is 22.3 Å². The summed E-state index contributed by atoms with van der Waals surface area (Å²) in [5, 5.41) is 11.0. The van der Waals surface area contributed by atoms with Crippen LogP contribution in [-0.4, -0.2) is 42.3 Å². The summed E-state index contributed by atoms with van der Waals surface area (Å²) in [7, 11) is 3.00. The molecule has 3 aromatic rings. The molecular weight excluding hydrogens is 449 g/mol. The molecule has 0 spiro atoms. The predicted molar refractivity (Wildman–Crippen MR) is 117 cm³/mol. The van der Waals surface area contributed by atoms with Crippen LogP contribution < -0.4 is 14.4 Å². The highest BCUT2D eigenvalue weighted by atomic mass is 35.5. The van der Waals surface area contributed by atoms with Gasteiger partial charge in [-0.15, -0.1) is 0 Å². The molecule has 7 nitrogen and oxygen atoms in total. The molecule has 1 aromatic carbocycles. The molecule has 0 N–H and O–H groups in total. The van der Waals surface area contributed by atoms with Crippen LogP contribution in [0.3, 0.4) is 0 Å². The minimum Gasteiger partial charge on any atom is -0.495 e. The van der Waals surface area contributed by atoms with E-state index in [2.05, 4.69) is 16.0 Å². The fourth-order valence-corrected chi connectivity index (χ4v) is 4.27. The Morgan fingerprint density at radius 1 is 1.07 bits per heavy atom. The van der Waals surface area contributed by atoms with E-state index in [4.69, 9.17) is 49.3 Å². The molecule has 30 heavy (non-hydrogen) atoms. The van der Waals surface area contributed by atoms with Crippen molar-refractivity contribution in [2.24, 2.45) is 5.41 Å². The van der Waals surface area contributed by atoms with Crippen LogP contribution in [0.1, 0.15) is 6.92 Å². The number of methoxy groups -OCH3 is 2. The number of ether oxygens (including phenoxy) is 2. The van der Waals surface area contributed by atoms with Gasteiger partial charge in [-0.2, -0.15) is 5.26 Å². The Balaban J connectivity index is 1.96. The van der Waals surface area contributed by atoms with Crippen LogP contribution in [0, 0.1) is 16.7 Å². The van der Waals surface area contributed by atoms with Crippen LogP contribution in [0.2, 0.25) is 15.2 Å². The lowest BCUT2D eigenvalue weighted by molar-refractivity contribution is 0.335. The van der Waals surface area contributed by atoms with Gasteiger partial charge < -0.3 is 14.4 Å². The standard InChI is InChI=1S/C20H16Cl3N5O2/c1-20(7-24)8-28(9-20)19-10-4-14(21)25-6-11(10)26-18(27-19)15-16(22)12(29-2)5-13(30-3)17(15)23/h4-6H,8-9H2,1-3H3. The number of hydrogen-bond acceptors (Lipinski definition) is 7. The van der Waals surface area contributed by atoms with Crippen LogP contribution in [0.15, 0.2) is 18.3 Å². The summed E-state index contributed by atoms with van der Waals surface area (Å²) in [6, 6.07) is 5.64. The van der Waals surface area contributed by atoms with Crippen LogP contribution in [0.5, 0.6) is 11.5 Å². The van der Waals surface area contributed by atoms with Crippen LogP contribution >= 0.6 is 34.8 Å². The van der Waals surface area contributed by atoms with Gasteiger partial charge in [-0.05, 0) is 13.0 Å². The smallest absolute Gasteiger partial charge is 0.165 e. The van der Waals surface area contributed by atoms with Gasteiger partial charge in [0.15, 0.2) is 5.82 Å². The Morgan fingerprint density at radius 3 is 2.27 bits per heavy atom. The monoisotopic (exact) mass is 463 g/mol. The summed E-state index contributed by atoms with van der Waals surface area (Å²) in [6.07, 6.45) is 1.56. The van der Waals surface area contributed by atoms with Crippen molar-refractivity contribution in [2.45, 2.75) is 6.92 Å². The number of benzene rings is 1. The number of halogens is 3. The number of aromatic nitrogens is 3. The second-order valence-corrected chi connectivity index (χ2v) is 8.35. The maximum absolute atomic E-state index is 9.38. The third-order valence-corrected chi connectivity index (χ3v) is 5.93. The van der Waals surface area contributed by atoms with Crippen LogP contribution in [0.4, 0.5) is 5.82 Å². The average molecular weight is 465 g/mol. The second-order valence-electron chi connectivity index (χ2n) is 7.21. The highest BCUT2D eigenvalue weighted by Crippen LogP contribution is 2.46. The Morgan fingerprint density at radius 2 is 1.70 bits per heavy atom. The summed E-state index contributed by atoms with van der Waals surface area (Å²) >= 11 is 19.2. The van der Waals surface area contributed by atoms with Crippen molar-refractivity contribution in [3.8, 4) is 29.0 Å². The second kappa shape index (κ2) is 7.62. The molecule has 0 amide bonds. The topological polar surface area (TPSA) is 84.2 Å². The van der Waals surface area contributed by atoms with Crippen molar-refractivity contribution in [1.82, 2.24) is 15.0 Å². The van der Waals surface area contributed by atoms with Gasteiger partial charge in [0.1, 0.15) is 22.5 Å². The van der Waals surface area contributed by atoms with Gasteiger partial charge in [-0.3, -0.25) is 0 Å². The summed E-state index contributed by atoms with van der Waals surface area (Å²) < 4.78 is 10.7. The molecule has 4 rings (SSSR count). The van der Waals surface area contributed by atoms with E-state index in [-0.39, 0.29) is 10.0 Å². The molecule has 0 radical (unpaired) electrons. The lowest BCUT2D eigenvalue weighted by Gasteiger charge is -2.44. The van der Waals surface area contributed by atoms with Gasteiger partial charge in [0.05, 0.1) is 53.0 Å². The zero-order valence-corrected chi connectivity index (χ0v) is 18.6. The first-order valence-electron chi connectivity index (χ1n) is 8.90. The molecule has 0 atom stereocenters. The number of anilines is 1. The zero-order valence-electron chi connectivity index (χ0n) is 16.3. The quantitative estimate of drug-likeness (QED) is 0.501. The molecule has 1 saturated heterocycles. The van der Waals surface area contributed by atoms with Crippen molar-refractivity contribution < 1.29 is 9.47 Å². The van der Waals surface area contributed by atoms with E-state index in [1.165, 1.54) is 14.2 Å². The minimum atomic E-state index is -0.442. The van der Waals surface area contributed by atoms with Crippen molar-refractivity contribution in [3.63, 3.8) is 0 Å². The largest absolute Gasteiger partial charge is 0.495 e. The van der Waals surface area contributed by atoms with E-state index in [0.29, 0.717) is 52.5 Å². The van der Waals surface area contributed by atoms with E-state index < -0.39 is 5.41 Å². The van der Waals surface area contributed by atoms with Crippen molar-refractivity contribution in [2.75, 3.05) is 32.2 Å². The van der Waals surface area contributed by atoms with Gasteiger partial charge >= 0.3 is 0 Å². The molecule has 0 aliphatic carbocycles. The maximum Gasteiger partial charge on any atom is 0.165 e. The molecule has 0 bridgehead atoms. The summed E-state index contributed by atoms with van der Waals surface area (Å²) in [5.74, 6) is 1.68. The normalized spacial score (nSPS) is 14.9. The molecule has 1 aliphatic rings. The molecule has 3 heterocycles. The third-order valence-electron chi connectivity index (χ3n) is 4.98. The highest BCUT2D eigenvalue weighted by molar-refractivity contribution is 6.41. The summed E-state index contributed by atoms with van der Waals surface area (Å²) in [6.45, 7) is 2.96. The number of nitrogens with zero attached hydrogens (tertiary/aromatic N) is 5. The lowest BCUT2D eigenvalue weighted by Crippen LogP contribution is -2.54. The Bertz CT molecular complexity index is 1180. The molecule has 154 valence electrons. The van der Waals surface area contributed by atoms with Crippen molar-refractivity contribution >= 4 is 51.5 Å². The van der Waals surface area contributed by atoms with Gasteiger partial charge in [-0.1, -0.05) is 34.8 Å². The molecule has 2 aromatic heterocycles. The van der Waals surface area contributed by atoms with Gasteiger partial charge in [0, 0.05) is 24.5 Å². The number of hydrogen-bond donors (Lipinski definition) is 0. The fourth-order valence-electron chi connectivity index (χ4n) is 3.44. The first kappa shape index (κ1) is 20.7. The van der Waals surface area contributed by atoms with E-state index >= 15 is 0 Å². The Labute approximate surface area is 188 Å². The number of fused-ring (bicyclic) bond motifs is 1. The first-order chi connectivity index (χ1) is 14.3. The molecule has 1 aliphatic heterocycles. The highest BCUT2D eigenvalue weighted by Gasteiger charge is 2.40. The zero-order chi connectivity index (χ0) is 21.6.